The molecular weight excluding hydrogens is 170 g/mol. The fourth-order valence-corrected chi connectivity index (χ4v) is 1.79. The van der Waals surface area contributed by atoms with Gasteiger partial charge in [0.25, 0.3) is 0 Å². The molecule has 0 saturated heterocycles. The van der Waals surface area contributed by atoms with Gasteiger partial charge in [-0.1, -0.05) is 0 Å². The summed E-state index contributed by atoms with van der Waals surface area (Å²) in [5.41, 5.74) is 8.15. The molecule has 1 aromatic rings. The van der Waals surface area contributed by atoms with Crippen molar-refractivity contribution < 1.29 is 0 Å². The molecule has 0 aromatic carbocycles. The van der Waals surface area contributed by atoms with Crippen LogP contribution in [0.2, 0.25) is 0 Å². The summed E-state index contributed by atoms with van der Waals surface area (Å²) in [4.78, 5) is 0. The first-order valence-electron chi connectivity index (χ1n) is 3.89. The van der Waals surface area contributed by atoms with E-state index in [9.17, 15) is 0 Å². The van der Waals surface area contributed by atoms with E-state index in [0.717, 1.165) is 17.0 Å². The molecular formula is C8H15N3S. The highest BCUT2D eigenvalue weighted by Crippen LogP contribution is 2.16. The Morgan fingerprint density at radius 2 is 2.42 bits per heavy atom. The molecule has 1 aromatic heterocycles. The minimum absolute atomic E-state index is 0.119. The zero-order valence-corrected chi connectivity index (χ0v) is 8.56. The van der Waals surface area contributed by atoms with Crippen LogP contribution in [0.1, 0.15) is 17.3 Å². The third-order valence-corrected chi connectivity index (χ3v) is 2.49. The normalized spacial score (nSPS) is 13.3. The van der Waals surface area contributed by atoms with Crippen LogP contribution in [0.25, 0.3) is 0 Å². The van der Waals surface area contributed by atoms with Crippen molar-refractivity contribution in [2.24, 2.45) is 12.8 Å². The first kappa shape index (κ1) is 9.61. The smallest absolute Gasteiger partial charge is 0.0641 e. The Hall–Kier alpha value is -0.480. The standard InChI is InChI=1S/C8H15N3S/c1-6-7(4-11(2)10-6)8(9)5-12-3/h4,8H,5,9H2,1-3H3. The van der Waals surface area contributed by atoms with E-state index in [-0.39, 0.29) is 6.04 Å². The van der Waals surface area contributed by atoms with Gasteiger partial charge in [-0.05, 0) is 13.2 Å². The molecule has 0 aliphatic carbocycles. The van der Waals surface area contributed by atoms with Gasteiger partial charge in [-0.25, -0.2) is 0 Å². The summed E-state index contributed by atoms with van der Waals surface area (Å²) in [5, 5.41) is 4.24. The van der Waals surface area contributed by atoms with Crippen molar-refractivity contribution in [2.45, 2.75) is 13.0 Å². The second-order valence-corrected chi connectivity index (χ2v) is 3.82. The number of nitrogens with zero attached hydrogens (tertiary/aromatic N) is 2. The topological polar surface area (TPSA) is 43.8 Å². The number of thioether (sulfide) groups is 1. The molecule has 0 amide bonds. The van der Waals surface area contributed by atoms with Crippen LogP contribution in [0.15, 0.2) is 6.20 Å². The van der Waals surface area contributed by atoms with E-state index in [2.05, 4.69) is 11.4 Å². The summed E-state index contributed by atoms with van der Waals surface area (Å²) in [6, 6.07) is 0.119. The Balaban J connectivity index is 2.79. The van der Waals surface area contributed by atoms with Gasteiger partial charge in [0.05, 0.1) is 5.69 Å². The molecule has 0 aliphatic heterocycles. The lowest BCUT2D eigenvalue weighted by Crippen LogP contribution is -2.13. The summed E-state index contributed by atoms with van der Waals surface area (Å²) < 4.78 is 1.81. The van der Waals surface area contributed by atoms with Crippen LogP contribution in [0.3, 0.4) is 0 Å². The Kier molecular flexibility index (Phi) is 3.17. The SMILES string of the molecule is CSCC(N)c1cn(C)nc1C. The summed E-state index contributed by atoms with van der Waals surface area (Å²) in [6.07, 6.45) is 4.06. The van der Waals surface area contributed by atoms with Crippen molar-refractivity contribution in [1.29, 1.82) is 0 Å². The molecule has 0 spiro atoms. The highest BCUT2D eigenvalue weighted by atomic mass is 32.2. The largest absolute Gasteiger partial charge is 0.323 e. The Bertz CT molecular complexity index is 257. The zero-order chi connectivity index (χ0) is 9.14. The number of hydrogen-bond donors (Lipinski definition) is 1. The maximum atomic E-state index is 5.95. The third-order valence-electron chi connectivity index (χ3n) is 1.80. The molecule has 2 N–H and O–H groups in total. The van der Waals surface area contributed by atoms with Crippen LogP contribution in [0.5, 0.6) is 0 Å². The van der Waals surface area contributed by atoms with Gasteiger partial charge in [0.2, 0.25) is 0 Å². The molecule has 0 fully saturated rings. The highest BCUT2D eigenvalue weighted by Gasteiger charge is 2.10. The Labute approximate surface area is 77.3 Å². The van der Waals surface area contributed by atoms with Crippen LogP contribution in [-0.4, -0.2) is 21.8 Å². The Morgan fingerprint density at radius 1 is 1.75 bits per heavy atom. The number of aryl methyl sites for hydroxylation is 2. The fraction of sp³-hybridized carbons (Fsp3) is 0.625. The molecule has 12 heavy (non-hydrogen) atoms. The zero-order valence-electron chi connectivity index (χ0n) is 7.74. The van der Waals surface area contributed by atoms with Crippen LogP contribution < -0.4 is 5.73 Å². The predicted octanol–water partition coefficient (Wildman–Crippen LogP) is 1.09. The molecule has 4 heteroatoms. The van der Waals surface area contributed by atoms with Gasteiger partial charge in [0.15, 0.2) is 0 Å². The molecule has 1 unspecified atom stereocenters. The van der Waals surface area contributed by atoms with Gasteiger partial charge in [0.1, 0.15) is 0 Å². The van der Waals surface area contributed by atoms with Crippen molar-refractivity contribution in [1.82, 2.24) is 9.78 Å². The number of rotatable bonds is 3. The molecule has 1 rings (SSSR count). The van der Waals surface area contributed by atoms with Crippen molar-refractivity contribution in [3.63, 3.8) is 0 Å². The summed E-state index contributed by atoms with van der Waals surface area (Å²) >= 11 is 1.76. The lowest BCUT2D eigenvalue weighted by Gasteiger charge is -2.07. The molecule has 0 saturated carbocycles. The fourth-order valence-electron chi connectivity index (χ4n) is 1.25. The average Bonchev–Trinajstić information content (AvgIpc) is 2.30. The van der Waals surface area contributed by atoms with Gasteiger partial charge in [-0.15, -0.1) is 0 Å². The molecule has 68 valence electrons. The van der Waals surface area contributed by atoms with E-state index >= 15 is 0 Å². The maximum Gasteiger partial charge on any atom is 0.0641 e. The van der Waals surface area contributed by atoms with Gasteiger partial charge in [0, 0.05) is 30.6 Å². The lowest BCUT2D eigenvalue weighted by atomic mass is 10.1. The molecule has 0 aliphatic rings. The van der Waals surface area contributed by atoms with E-state index in [0.29, 0.717) is 0 Å². The maximum absolute atomic E-state index is 5.95. The summed E-state index contributed by atoms with van der Waals surface area (Å²) in [6.45, 7) is 2.00. The number of aromatic nitrogens is 2. The lowest BCUT2D eigenvalue weighted by molar-refractivity contribution is 0.755. The highest BCUT2D eigenvalue weighted by molar-refractivity contribution is 7.98. The van der Waals surface area contributed by atoms with Gasteiger partial charge >= 0.3 is 0 Å². The quantitative estimate of drug-likeness (QED) is 0.766. The molecule has 0 bridgehead atoms. The van der Waals surface area contributed by atoms with E-state index in [1.165, 1.54) is 0 Å². The summed E-state index contributed by atoms with van der Waals surface area (Å²) in [7, 11) is 1.92. The van der Waals surface area contributed by atoms with Gasteiger partial charge in [-0.3, -0.25) is 4.68 Å². The van der Waals surface area contributed by atoms with E-state index in [1.54, 1.807) is 11.8 Å². The van der Waals surface area contributed by atoms with E-state index in [1.807, 2.05) is 24.9 Å². The van der Waals surface area contributed by atoms with Gasteiger partial charge in [-0.2, -0.15) is 16.9 Å². The second-order valence-electron chi connectivity index (χ2n) is 2.91. The van der Waals surface area contributed by atoms with Crippen LogP contribution in [0, 0.1) is 6.92 Å². The number of hydrogen-bond acceptors (Lipinski definition) is 3. The Morgan fingerprint density at radius 3 is 2.83 bits per heavy atom. The monoisotopic (exact) mass is 185 g/mol. The molecule has 0 radical (unpaired) electrons. The van der Waals surface area contributed by atoms with Gasteiger partial charge < -0.3 is 5.73 Å². The molecule has 1 atom stereocenters. The first-order chi connectivity index (χ1) is 5.65. The van der Waals surface area contributed by atoms with Crippen LogP contribution in [0.4, 0.5) is 0 Å². The summed E-state index contributed by atoms with van der Waals surface area (Å²) in [5.74, 6) is 0.951. The van der Waals surface area contributed by atoms with Crippen molar-refractivity contribution in [3.05, 3.63) is 17.5 Å². The molecule has 3 nitrogen and oxygen atoms in total. The second kappa shape index (κ2) is 3.96. The minimum Gasteiger partial charge on any atom is -0.323 e. The van der Waals surface area contributed by atoms with E-state index < -0.39 is 0 Å². The van der Waals surface area contributed by atoms with Crippen molar-refractivity contribution >= 4 is 11.8 Å². The third kappa shape index (κ3) is 2.01. The van der Waals surface area contributed by atoms with E-state index in [4.69, 9.17) is 5.73 Å². The van der Waals surface area contributed by atoms with Crippen LogP contribution >= 0.6 is 11.8 Å². The molecule has 1 heterocycles. The predicted molar refractivity (Wildman–Crippen MR) is 53.3 cm³/mol. The number of nitrogens with two attached hydrogens (primary N) is 1. The van der Waals surface area contributed by atoms with Crippen molar-refractivity contribution in [3.8, 4) is 0 Å². The average molecular weight is 185 g/mol. The van der Waals surface area contributed by atoms with Crippen LogP contribution in [-0.2, 0) is 7.05 Å². The minimum atomic E-state index is 0.119. The first-order valence-corrected chi connectivity index (χ1v) is 5.29. The van der Waals surface area contributed by atoms with Crippen molar-refractivity contribution in [2.75, 3.05) is 12.0 Å².